The highest BCUT2D eigenvalue weighted by Gasteiger charge is 2.25. The van der Waals surface area contributed by atoms with Gasteiger partial charge >= 0.3 is 0 Å². The van der Waals surface area contributed by atoms with Crippen molar-refractivity contribution >= 4 is 6.72 Å². The van der Waals surface area contributed by atoms with E-state index in [-0.39, 0.29) is 0 Å². The van der Waals surface area contributed by atoms with Gasteiger partial charge in [0.2, 0.25) is 0 Å². The van der Waals surface area contributed by atoms with Crippen molar-refractivity contribution in [3.8, 4) is 0 Å². The van der Waals surface area contributed by atoms with E-state index in [1.165, 1.54) is 19.3 Å². The molecule has 0 saturated heterocycles. The molecular weight excluding hydrogens is 134 g/mol. The van der Waals surface area contributed by atoms with Crippen molar-refractivity contribution in [2.75, 3.05) is 6.54 Å². The van der Waals surface area contributed by atoms with Gasteiger partial charge in [-0.05, 0) is 43.7 Å². The molecule has 0 aliphatic heterocycles. The molecule has 0 N–H and O–H groups in total. The summed E-state index contributed by atoms with van der Waals surface area (Å²) in [5.74, 6) is 2.67. The van der Waals surface area contributed by atoms with Crippen LogP contribution in [0.25, 0.3) is 0 Å². The summed E-state index contributed by atoms with van der Waals surface area (Å²) < 4.78 is 0. The third-order valence-electron chi connectivity index (χ3n) is 2.91. The van der Waals surface area contributed by atoms with Gasteiger partial charge < -0.3 is 4.99 Å². The summed E-state index contributed by atoms with van der Waals surface area (Å²) in [6, 6.07) is 0. The zero-order valence-electron chi connectivity index (χ0n) is 7.71. The highest BCUT2D eigenvalue weighted by Crippen LogP contribution is 2.35. The van der Waals surface area contributed by atoms with Crippen LogP contribution in [0.1, 0.15) is 33.1 Å². The van der Waals surface area contributed by atoms with Gasteiger partial charge in [0.1, 0.15) is 0 Å². The van der Waals surface area contributed by atoms with E-state index < -0.39 is 0 Å². The fourth-order valence-corrected chi connectivity index (χ4v) is 2.07. The second-order valence-electron chi connectivity index (χ2n) is 4.09. The van der Waals surface area contributed by atoms with Crippen LogP contribution in [0, 0.1) is 17.8 Å². The fourth-order valence-electron chi connectivity index (χ4n) is 2.07. The molecule has 1 aliphatic rings. The first-order valence-corrected chi connectivity index (χ1v) is 4.66. The molecule has 2 unspecified atom stereocenters. The molecule has 1 rings (SSSR count). The molecule has 0 bridgehead atoms. The normalized spacial score (nSPS) is 31.2. The molecule has 1 nitrogen and oxygen atoms in total. The molecule has 0 amide bonds. The first-order valence-electron chi connectivity index (χ1n) is 4.66. The molecule has 1 aliphatic carbocycles. The zero-order chi connectivity index (χ0) is 8.27. The average molecular weight is 153 g/mol. The maximum atomic E-state index is 3.96. The second-order valence-corrected chi connectivity index (χ2v) is 4.09. The molecule has 0 aromatic rings. The predicted molar refractivity (Wildman–Crippen MR) is 50.1 cm³/mol. The Bertz CT molecular complexity index is 129. The Morgan fingerprint density at radius 1 is 1.45 bits per heavy atom. The van der Waals surface area contributed by atoms with E-state index >= 15 is 0 Å². The molecule has 0 aromatic heterocycles. The van der Waals surface area contributed by atoms with E-state index in [4.69, 9.17) is 0 Å². The quantitative estimate of drug-likeness (QED) is 0.553. The number of rotatable bonds is 3. The summed E-state index contributed by atoms with van der Waals surface area (Å²) in [4.78, 5) is 3.96. The number of hydrogen-bond donors (Lipinski definition) is 0. The van der Waals surface area contributed by atoms with Crippen molar-refractivity contribution in [3.63, 3.8) is 0 Å². The number of hydrogen-bond acceptors (Lipinski definition) is 1. The molecule has 0 heterocycles. The summed E-state index contributed by atoms with van der Waals surface area (Å²) in [6.45, 7) is 9.19. The first kappa shape index (κ1) is 8.76. The van der Waals surface area contributed by atoms with Crippen molar-refractivity contribution in [3.05, 3.63) is 0 Å². The van der Waals surface area contributed by atoms with Crippen LogP contribution in [-0.2, 0) is 0 Å². The van der Waals surface area contributed by atoms with Crippen LogP contribution in [0.3, 0.4) is 0 Å². The lowest BCUT2D eigenvalue weighted by Crippen LogP contribution is -2.05. The van der Waals surface area contributed by atoms with E-state index in [9.17, 15) is 0 Å². The Kier molecular flexibility index (Phi) is 3.10. The van der Waals surface area contributed by atoms with Gasteiger partial charge in [-0.3, -0.25) is 0 Å². The van der Waals surface area contributed by atoms with Crippen LogP contribution in [0.2, 0.25) is 0 Å². The highest BCUT2D eigenvalue weighted by atomic mass is 14.7. The largest absolute Gasteiger partial charge is 0.301 e. The predicted octanol–water partition coefficient (Wildman–Crippen LogP) is 2.76. The van der Waals surface area contributed by atoms with Crippen molar-refractivity contribution in [1.82, 2.24) is 0 Å². The maximum absolute atomic E-state index is 3.96. The average Bonchev–Trinajstić information content (AvgIpc) is 2.37. The lowest BCUT2D eigenvalue weighted by Gasteiger charge is -2.13. The standard InChI is InChI=1S/C10H19N/c1-8(2)10-5-4-9(6-10)7-11-3/h8-10H,3-7H2,1-2H3. The van der Waals surface area contributed by atoms with Gasteiger partial charge in [-0.25, -0.2) is 0 Å². The van der Waals surface area contributed by atoms with Crippen molar-refractivity contribution in [1.29, 1.82) is 0 Å². The minimum Gasteiger partial charge on any atom is -0.301 e. The van der Waals surface area contributed by atoms with E-state index in [1.807, 2.05) is 0 Å². The van der Waals surface area contributed by atoms with Gasteiger partial charge in [-0.15, -0.1) is 0 Å². The van der Waals surface area contributed by atoms with Crippen LogP contribution in [-0.4, -0.2) is 13.3 Å². The van der Waals surface area contributed by atoms with Crippen LogP contribution in [0.5, 0.6) is 0 Å². The topological polar surface area (TPSA) is 12.4 Å². The third-order valence-corrected chi connectivity index (χ3v) is 2.91. The van der Waals surface area contributed by atoms with E-state index in [0.717, 1.165) is 24.3 Å². The molecule has 1 heteroatoms. The maximum Gasteiger partial charge on any atom is 0.0410 e. The summed E-state index contributed by atoms with van der Waals surface area (Å²) >= 11 is 0. The SMILES string of the molecule is C=NCC1CCC(C(C)C)C1. The molecule has 11 heavy (non-hydrogen) atoms. The first-order chi connectivity index (χ1) is 5.24. The molecule has 2 atom stereocenters. The van der Waals surface area contributed by atoms with Gasteiger partial charge in [0.25, 0.3) is 0 Å². The minimum absolute atomic E-state index is 0.847. The van der Waals surface area contributed by atoms with E-state index in [2.05, 4.69) is 25.6 Å². The Hall–Kier alpha value is -0.330. The van der Waals surface area contributed by atoms with Gasteiger partial charge in [-0.2, -0.15) is 0 Å². The highest BCUT2D eigenvalue weighted by molar-refractivity contribution is 5.23. The number of nitrogens with zero attached hydrogens (tertiary/aromatic N) is 1. The Balaban J connectivity index is 2.28. The molecule has 1 saturated carbocycles. The molecule has 0 spiro atoms. The molecule has 0 radical (unpaired) electrons. The van der Waals surface area contributed by atoms with Gasteiger partial charge in [-0.1, -0.05) is 13.8 Å². The summed E-state index contributed by atoms with van der Waals surface area (Å²) in [5, 5.41) is 0. The van der Waals surface area contributed by atoms with Gasteiger partial charge in [0.05, 0.1) is 0 Å². The van der Waals surface area contributed by atoms with E-state index in [1.54, 1.807) is 0 Å². The van der Waals surface area contributed by atoms with Crippen LogP contribution < -0.4 is 0 Å². The second kappa shape index (κ2) is 3.89. The molecule has 64 valence electrons. The number of aliphatic imine (C=N–C) groups is 1. The van der Waals surface area contributed by atoms with Crippen LogP contribution >= 0.6 is 0 Å². The van der Waals surface area contributed by atoms with Crippen LogP contribution in [0.15, 0.2) is 4.99 Å². The lowest BCUT2D eigenvalue weighted by atomic mass is 9.93. The van der Waals surface area contributed by atoms with Crippen LogP contribution in [0.4, 0.5) is 0 Å². The van der Waals surface area contributed by atoms with Gasteiger partial charge in [0.15, 0.2) is 0 Å². The summed E-state index contributed by atoms with van der Waals surface area (Å²) in [5.41, 5.74) is 0. The smallest absolute Gasteiger partial charge is 0.0410 e. The Morgan fingerprint density at radius 3 is 2.64 bits per heavy atom. The monoisotopic (exact) mass is 153 g/mol. The molecule has 1 fully saturated rings. The fraction of sp³-hybridized carbons (Fsp3) is 0.900. The lowest BCUT2D eigenvalue weighted by molar-refractivity contribution is 0.380. The molecule has 0 aromatic carbocycles. The third kappa shape index (κ3) is 2.32. The summed E-state index contributed by atoms with van der Waals surface area (Å²) in [6.07, 6.45) is 4.18. The van der Waals surface area contributed by atoms with Crippen molar-refractivity contribution < 1.29 is 0 Å². The summed E-state index contributed by atoms with van der Waals surface area (Å²) in [7, 11) is 0. The van der Waals surface area contributed by atoms with E-state index in [0.29, 0.717) is 0 Å². The van der Waals surface area contributed by atoms with Gasteiger partial charge in [0, 0.05) is 6.54 Å². The van der Waals surface area contributed by atoms with Crippen molar-refractivity contribution in [2.24, 2.45) is 22.7 Å². The zero-order valence-corrected chi connectivity index (χ0v) is 7.71. The van der Waals surface area contributed by atoms with Crippen molar-refractivity contribution in [2.45, 2.75) is 33.1 Å². The Labute approximate surface area is 69.9 Å². The molecular formula is C10H19N. The Morgan fingerprint density at radius 2 is 2.18 bits per heavy atom. The minimum atomic E-state index is 0.847.